The lowest BCUT2D eigenvalue weighted by molar-refractivity contribution is 0.0522. The summed E-state index contributed by atoms with van der Waals surface area (Å²) in [6, 6.07) is 0.702. The molecular weight excluding hydrogens is 240 g/mol. The van der Waals surface area contributed by atoms with Gasteiger partial charge in [-0.1, -0.05) is 26.7 Å². The van der Waals surface area contributed by atoms with Crippen molar-refractivity contribution in [2.75, 3.05) is 6.54 Å². The average Bonchev–Trinajstić information content (AvgIpc) is 2.25. The molecule has 0 aromatic rings. The Labute approximate surface area is 118 Å². The van der Waals surface area contributed by atoms with Crippen LogP contribution in [0.2, 0.25) is 0 Å². The van der Waals surface area contributed by atoms with E-state index in [0.717, 1.165) is 0 Å². The molecule has 0 aliphatic carbocycles. The number of ether oxygens (including phenoxy) is 1. The number of carbonyl (C=O) groups excluding carboxylic acids is 1. The molecule has 2 atom stereocenters. The Bertz CT molecular complexity index is 257. The third kappa shape index (κ3) is 8.87. The molecule has 4 nitrogen and oxygen atoms in total. The van der Waals surface area contributed by atoms with Crippen LogP contribution in [0, 0.1) is 5.92 Å². The maximum absolute atomic E-state index is 11.5. The molecule has 1 amide bonds. The van der Waals surface area contributed by atoms with Crippen molar-refractivity contribution in [3.05, 3.63) is 0 Å². The van der Waals surface area contributed by atoms with E-state index in [2.05, 4.69) is 38.3 Å². The van der Waals surface area contributed by atoms with Crippen molar-refractivity contribution in [3.63, 3.8) is 0 Å². The highest BCUT2D eigenvalue weighted by Crippen LogP contribution is 2.13. The smallest absolute Gasteiger partial charge is 0.407 e. The molecule has 4 heteroatoms. The molecule has 0 aliphatic rings. The molecule has 2 unspecified atom stereocenters. The van der Waals surface area contributed by atoms with E-state index in [4.69, 9.17) is 4.74 Å². The van der Waals surface area contributed by atoms with E-state index in [9.17, 15) is 4.79 Å². The summed E-state index contributed by atoms with van der Waals surface area (Å²) in [5.74, 6) is 0.684. The maximum Gasteiger partial charge on any atom is 0.407 e. The number of hydrogen-bond acceptors (Lipinski definition) is 3. The van der Waals surface area contributed by atoms with Crippen molar-refractivity contribution in [1.82, 2.24) is 10.6 Å². The number of alkyl carbamates (subject to hydrolysis) is 1. The fourth-order valence-electron chi connectivity index (χ4n) is 2.19. The first-order chi connectivity index (χ1) is 8.69. The van der Waals surface area contributed by atoms with Gasteiger partial charge in [-0.2, -0.15) is 0 Å². The first-order valence-electron chi connectivity index (χ1n) is 7.42. The van der Waals surface area contributed by atoms with Crippen molar-refractivity contribution < 1.29 is 9.53 Å². The fourth-order valence-corrected chi connectivity index (χ4v) is 2.19. The van der Waals surface area contributed by atoms with E-state index in [-0.39, 0.29) is 12.1 Å². The van der Waals surface area contributed by atoms with E-state index in [1.165, 1.54) is 12.8 Å². The summed E-state index contributed by atoms with van der Waals surface area (Å²) < 4.78 is 5.21. The van der Waals surface area contributed by atoms with Gasteiger partial charge in [0.15, 0.2) is 0 Å². The molecule has 0 saturated heterocycles. The molecule has 0 heterocycles. The molecule has 0 rings (SSSR count). The van der Waals surface area contributed by atoms with Crippen LogP contribution in [-0.4, -0.2) is 30.3 Å². The van der Waals surface area contributed by atoms with Gasteiger partial charge < -0.3 is 15.4 Å². The molecule has 0 bridgehead atoms. The summed E-state index contributed by atoms with van der Waals surface area (Å²) in [6.07, 6.45) is 2.00. The van der Waals surface area contributed by atoms with Crippen LogP contribution in [0.25, 0.3) is 0 Å². The molecule has 0 fully saturated rings. The first-order valence-corrected chi connectivity index (χ1v) is 7.42. The van der Waals surface area contributed by atoms with Crippen LogP contribution in [0.1, 0.15) is 61.3 Å². The van der Waals surface area contributed by atoms with Crippen molar-refractivity contribution in [2.24, 2.45) is 5.92 Å². The highest BCUT2D eigenvalue weighted by molar-refractivity contribution is 5.67. The van der Waals surface area contributed by atoms with E-state index in [1.54, 1.807) is 0 Å². The zero-order chi connectivity index (χ0) is 15.1. The Balaban J connectivity index is 3.98. The molecule has 114 valence electrons. The normalized spacial score (nSPS) is 15.2. The fraction of sp³-hybridized carbons (Fsp3) is 0.933. The van der Waals surface area contributed by atoms with Crippen LogP contribution in [0.4, 0.5) is 4.79 Å². The summed E-state index contributed by atoms with van der Waals surface area (Å²) in [5, 5.41) is 6.33. The third-order valence-corrected chi connectivity index (χ3v) is 3.25. The van der Waals surface area contributed by atoms with Crippen molar-refractivity contribution in [1.29, 1.82) is 0 Å². The third-order valence-electron chi connectivity index (χ3n) is 3.25. The Kier molecular flexibility index (Phi) is 8.07. The highest BCUT2D eigenvalue weighted by Gasteiger charge is 2.18. The Morgan fingerprint density at radius 3 is 2.11 bits per heavy atom. The van der Waals surface area contributed by atoms with Crippen LogP contribution >= 0.6 is 0 Å². The second-order valence-electron chi connectivity index (χ2n) is 6.32. The van der Waals surface area contributed by atoms with Crippen LogP contribution in [0.3, 0.4) is 0 Å². The van der Waals surface area contributed by atoms with E-state index < -0.39 is 5.60 Å². The van der Waals surface area contributed by atoms with E-state index >= 15 is 0 Å². The summed E-state index contributed by atoms with van der Waals surface area (Å²) in [7, 11) is 0. The number of amides is 1. The summed E-state index contributed by atoms with van der Waals surface area (Å²) in [5.41, 5.74) is -0.441. The quantitative estimate of drug-likeness (QED) is 0.747. The van der Waals surface area contributed by atoms with Gasteiger partial charge in [0.05, 0.1) is 0 Å². The first kappa shape index (κ1) is 18.2. The van der Waals surface area contributed by atoms with E-state index in [0.29, 0.717) is 18.5 Å². The summed E-state index contributed by atoms with van der Waals surface area (Å²) >= 11 is 0. The zero-order valence-electron chi connectivity index (χ0n) is 13.7. The molecule has 19 heavy (non-hydrogen) atoms. The van der Waals surface area contributed by atoms with Crippen molar-refractivity contribution >= 4 is 6.09 Å². The zero-order valence-corrected chi connectivity index (χ0v) is 13.7. The molecule has 0 aromatic heterocycles. The second-order valence-corrected chi connectivity index (χ2v) is 6.32. The minimum atomic E-state index is -0.441. The van der Waals surface area contributed by atoms with Gasteiger partial charge in [-0.15, -0.1) is 0 Å². The molecule has 0 aliphatic heterocycles. The van der Waals surface area contributed by atoms with Crippen LogP contribution in [-0.2, 0) is 4.74 Å². The lowest BCUT2D eigenvalue weighted by Crippen LogP contribution is -2.46. The van der Waals surface area contributed by atoms with Crippen LogP contribution in [0.15, 0.2) is 0 Å². The lowest BCUT2D eigenvalue weighted by atomic mass is 9.95. The van der Waals surface area contributed by atoms with Gasteiger partial charge in [-0.3, -0.25) is 0 Å². The largest absolute Gasteiger partial charge is 0.444 e. The van der Waals surface area contributed by atoms with Crippen molar-refractivity contribution in [3.8, 4) is 0 Å². The summed E-state index contributed by atoms with van der Waals surface area (Å²) in [6.45, 7) is 14.9. The van der Waals surface area contributed by atoms with Gasteiger partial charge in [0.25, 0.3) is 0 Å². The van der Waals surface area contributed by atoms with Gasteiger partial charge in [-0.05, 0) is 40.5 Å². The van der Waals surface area contributed by atoms with E-state index in [1.807, 2.05) is 20.8 Å². The van der Waals surface area contributed by atoms with Gasteiger partial charge in [0.2, 0.25) is 0 Å². The Morgan fingerprint density at radius 2 is 1.68 bits per heavy atom. The predicted octanol–water partition coefficient (Wildman–Crippen LogP) is 3.31. The van der Waals surface area contributed by atoms with Gasteiger partial charge in [-0.25, -0.2) is 4.79 Å². The Morgan fingerprint density at radius 1 is 1.16 bits per heavy atom. The topological polar surface area (TPSA) is 50.4 Å². The predicted molar refractivity (Wildman–Crippen MR) is 80.4 cm³/mol. The van der Waals surface area contributed by atoms with Crippen molar-refractivity contribution in [2.45, 2.75) is 79.0 Å². The average molecular weight is 272 g/mol. The second kappa shape index (κ2) is 8.41. The highest BCUT2D eigenvalue weighted by atomic mass is 16.6. The van der Waals surface area contributed by atoms with Crippen LogP contribution < -0.4 is 10.6 Å². The Hall–Kier alpha value is -0.770. The lowest BCUT2D eigenvalue weighted by Gasteiger charge is -2.27. The standard InChI is InChI=1S/C15H32N2O2/c1-8-13(9-2)12(4)17-11(3)10-16-14(18)19-15(5,6)7/h11-13,17H,8-10H2,1-7H3,(H,16,18). The molecule has 0 aromatic carbocycles. The summed E-state index contributed by atoms with van der Waals surface area (Å²) in [4.78, 5) is 11.5. The molecule has 0 spiro atoms. The maximum atomic E-state index is 11.5. The number of rotatable bonds is 7. The molecule has 0 radical (unpaired) electrons. The number of nitrogens with one attached hydrogen (secondary N) is 2. The molecular formula is C15H32N2O2. The minimum absolute atomic E-state index is 0.239. The van der Waals surface area contributed by atoms with Gasteiger partial charge in [0.1, 0.15) is 5.60 Å². The van der Waals surface area contributed by atoms with Gasteiger partial charge >= 0.3 is 6.09 Å². The SMILES string of the molecule is CCC(CC)C(C)NC(C)CNC(=O)OC(C)(C)C. The number of carbonyl (C=O) groups is 1. The number of hydrogen-bond donors (Lipinski definition) is 2. The minimum Gasteiger partial charge on any atom is -0.444 e. The monoisotopic (exact) mass is 272 g/mol. The molecule has 0 saturated carbocycles. The van der Waals surface area contributed by atoms with Crippen LogP contribution in [0.5, 0.6) is 0 Å². The molecule has 2 N–H and O–H groups in total. The van der Waals surface area contributed by atoms with Gasteiger partial charge in [0, 0.05) is 18.6 Å².